The Kier molecular flexibility index (Phi) is 4.82. The van der Waals surface area contributed by atoms with Crippen LogP contribution in [0.2, 0.25) is 0 Å². The Morgan fingerprint density at radius 2 is 1.80 bits per heavy atom. The maximum atomic E-state index is 13.3. The summed E-state index contributed by atoms with van der Waals surface area (Å²) < 4.78 is 26.4. The number of nitrogens with two attached hydrogens (primary N) is 1. The molecule has 0 amide bonds. The van der Waals surface area contributed by atoms with Crippen LogP contribution in [0.15, 0.2) is 42.5 Å². The smallest absolute Gasteiger partial charge is 0.159 e. The van der Waals surface area contributed by atoms with Gasteiger partial charge in [0, 0.05) is 0 Å². The Balaban J connectivity index is 2.36. The lowest BCUT2D eigenvalue weighted by atomic mass is 9.96. The third kappa shape index (κ3) is 3.21. The third-order valence-electron chi connectivity index (χ3n) is 3.27. The summed E-state index contributed by atoms with van der Waals surface area (Å²) in [6.45, 7) is 2.11. The second-order valence-electron chi connectivity index (χ2n) is 4.77. The monoisotopic (exact) mass is 276 g/mol. The molecule has 3 N–H and O–H groups in total. The zero-order valence-corrected chi connectivity index (χ0v) is 11.4. The lowest BCUT2D eigenvalue weighted by molar-refractivity contribution is 0.504. The SMILES string of the molecule is CCCc1cccc(C(NN)c2ccc(F)c(F)c2)c1. The van der Waals surface area contributed by atoms with Crippen LogP contribution in [0.1, 0.15) is 36.1 Å². The number of aryl methyl sites for hydroxylation is 1. The Bertz CT molecular complexity index is 584. The molecular weight excluding hydrogens is 258 g/mol. The molecule has 0 heterocycles. The summed E-state index contributed by atoms with van der Waals surface area (Å²) in [6, 6.07) is 11.4. The van der Waals surface area contributed by atoms with Gasteiger partial charge in [-0.1, -0.05) is 43.7 Å². The van der Waals surface area contributed by atoms with Crippen molar-refractivity contribution < 1.29 is 8.78 Å². The van der Waals surface area contributed by atoms with E-state index in [0.29, 0.717) is 5.56 Å². The number of hydrogen-bond donors (Lipinski definition) is 2. The normalized spacial score (nSPS) is 12.4. The Hall–Kier alpha value is -1.78. The van der Waals surface area contributed by atoms with E-state index in [1.807, 2.05) is 24.3 Å². The van der Waals surface area contributed by atoms with Crippen molar-refractivity contribution in [3.05, 3.63) is 70.8 Å². The predicted octanol–water partition coefficient (Wildman–Crippen LogP) is 3.47. The second kappa shape index (κ2) is 6.59. The van der Waals surface area contributed by atoms with Gasteiger partial charge < -0.3 is 0 Å². The molecule has 2 aromatic carbocycles. The zero-order valence-electron chi connectivity index (χ0n) is 11.4. The van der Waals surface area contributed by atoms with Gasteiger partial charge in [-0.05, 0) is 35.2 Å². The average Bonchev–Trinajstić information content (AvgIpc) is 2.44. The number of hydrogen-bond acceptors (Lipinski definition) is 2. The van der Waals surface area contributed by atoms with Crippen molar-refractivity contribution in [1.29, 1.82) is 0 Å². The maximum Gasteiger partial charge on any atom is 0.159 e. The van der Waals surface area contributed by atoms with Crippen molar-refractivity contribution in [2.75, 3.05) is 0 Å². The van der Waals surface area contributed by atoms with Gasteiger partial charge in [-0.3, -0.25) is 5.84 Å². The summed E-state index contributed by atoms with van der Waals surface area (Å²) in [4.78, 5) is 0. The molecule has 0 aliphatic heterocycles. The quantitative estimate of drug-likeness (QED) is 0.648. The molecular formula is C16H18F2N2. The molecule has 0 saturated heterocycles. The van der Waals surface area contributed by atoms with Gasteiger partial charge in [-0.2, -0.15) is 0 Å². The molecule has 1 unspecified atom stereocenters. The molecule has 0 saturated carbocycles. The minimum Gasteiger partial charge on any atom is -0.271 e. The molecule has 0 aromatic heterocycles. The van der Waals surface area contributed by atoms with E-state index < -0.39 is 11.6 Å². The largest absolute Gasteiger partial charge is 0.271 e. The first-order valence-electron chi connectivity index (χ1n) is 6.65. The van der Waals surface area contributed by atoms with Crippen molar-refractivity contribution >= 4 is 0 Å². The summed E-state index contributed by atoms with van der Waals surface area (Å²) in [5, 5.41) is 0. The molecule has 2 aromatic rings. The molecule has 2 nitrogen and oxygen atoms in total. The van der Waals surface area contributed by atoms with E-state index in [1.165, 1.54) is 17.7 Å². The molecule has 0 radical (unpaired) electrons. The Morgan fingerprint density at radius 3 is 2.45 bits per heavy atom. The first-order valence-corrected chi connectivity index (χ1v) is 6.65. The Morgan fingerprint density at radius 1 is 1.05 bits per heavy atom. The highest BCUT2D eigenvalue weighted by atomic mass is 19.2. The van der Waals surface area contributed by atoms with Crippen molar-refractivity contribution in [1.82, 2.24) is 5.43 Å². The highest BCUT2D eigenvalue weighted by molar-refractivity contribution is 5.34. The topological polar surface area (TPSA) is 38.0 Å². The summed E-state index contributed by atoms with van der Waals surface area (Å²) >= 11 is 0. The standard InChI is InChI=1S/C16H18F2N2/c1-2-4-11-5-3-6-12(9-11)16(20-19)13-7-8-14(17)15(18)10-13/h3,5-10,16,20H,2,4,19H2,1H3. The fraction of sp³-hybridized carbons (Fsp3) is 0.250. The maximum absolute atomic E-state index is 13.3. The third-order valence-corrected chi connectivity index (χ3v) is 3.27. The highest BCUT2D eigenvalue weighted by Crippen LogP contribution is 2.24. The van der Waals surface area contributed by atoms with Crippen molar-refractivity contribution in [3.8, 4) is 0 Å². The fourth-order valence-corrected chi connectivity index (χ4v) is 2.29. The highest BCUT2D eigenvalue weighted by Gasteiger charge is 2.14. The molecule has 106 valence electrons. The molecule has 1 atom stereocenters. The van der Waals surface area contributed by atoms with E-state index in [-0.39, 0.29) is 6.04 Å². The van der Waals surface area contributed by atoms with Crippen LogP contribution < -0.4 is 11.3 Å². The van der Waals surface area contributed by atoms with Crippen molar-refractivity contribution in [2.24, 2.45) is 5.84 Å². The molecule has 0 aliphatic rings. The van der Waals surface area contributed by atoms with Crippen LogP contribution in [0.25, 0.3) is 0 Å². The van der Waals surface area contributed by atoms with E-state index in [4.69, 9.17) is 5.84 Å². The predicted molar refractivity (Wildman–Crippen MR) is 76.0 cm³/mol. The van der Waals surface area contributed by atoms with E-state index in [9.17, 15) is 8.78 Å². The number of rotatable bonds is 5. The van der Waals surface area contributed by atoms with Crippen LogP contribution in [0.5, 0.6) is 0 Å². The van der Waals surface area contributed by atoms with Crippen molar-refractivity contribution in [3.63, 3.8) is 0 Å². The Labute approximate surface area is 117 Å². The molecule has 0 aliphatic carbocycles. The van der Waals surface area contributed by atoms with Gasteiger partial charge in [0.2, 0.25) is 0 Å². The van der Waals surface area contributed by atoms with Gasteiger partial charge >= 0.3 is 0 Å². The number of halogens is 2. The van der Waals surface area contributed by atoms with Gasteiger partial charge in [-0.25, -0.2) is 14.2 Å². The first kappa shape index (κ1) is 14.6. The summed E-state index contributed by atoms with van der Waals surface area (Å²) in [5.74, 6) is 3.86. The number of hydrazine groups is 1. The fourth-order valence-electron chi connectivity index (χ4n) is 2.29. The zero-order chi connectivity index (χ0) is 14.5. The van der Waals surface area contributed by atoms with Crippen LogP contribution in [0.3, 0.4) is 0 Å². The van der Waals surface area contributed by atoms with Crippen LogP contribution in [-0.2, 0) is 6.42 Å². The van der Waals surface area contributed by atoms with Crippen molar-refractivity contribution in [2.45, 2.75) is 25.8 Å². The minimum absolute atomic E-state index is 0.359. The van der Waals surface area contributed by atoms with Gasteiger partial charge in [-0.15, -0.1) is 0 Å². The molecule has 4 heteroatoms. The molecule has 0 spiro atoms. The van der Waals surface area contributed by atoms with E-state index in [0.717, 1.165) is 24.5 Å². The van der Waals surface area contributed by atoms with E-state index in [1.54, 1.807) is 0 Å². The van der Waals surface area contributed by atoms with Gasteiger partial charge in [0.15, 0.2) is 11.6 Å². The molecule has 0 bridgehead atoms. The number of nitrogens with one attached hydrogen (secondary N) is 1. The summed E-state index contributed by atoms with van der Waals surface area (Å²) in [7, 11) is 0. The van der Waals surface area contributed by atoms with Gasteiger partial charge in [0.1, 0.15) is 0 Å². The van der Waals surface area contributed by atoms with Crippen LogP contribution >= 0.6 is 0 Å². The van der Waals surface area contributed by atoms with Crippen LogP contribution in [0.4, 0.5) is 8.78 Å². The van der Waals surface area contributed by atoms with Gasteiger partial charge in [0.25, 0.3) is 0 Å². The van der Waals surface area contributed by atoms with Crippen LogP contribution in [0, 0.1) is 11.6 Å². The molecule has 2 rings (SSSR count). The summed E-state index contributed by atoms with van der Waals surface area (Å²) in [5.41, 5.74) is 5.40. The lowest BCUT2D eigenvalue weighted by Crippen LogP contribution is -2.29. The minimum atomic E-state index is -0.868. The van der Waals surface area contributed by atoms with E-state index >= 15 is 0 Å². The molecule has 20 heavy (non-hydrogen) atoms. The number of benzene rings is 2. The average molecular weight is 276 g/mol. The van der Waals surface area contributed by atoms with E-state index in [2.05, 4.69) is 12.3 Å². The first-order chi connectivity index (χ1) is 9.65. The summed E-state index contributed by atoms with van der Waals surface area (Å²) in [6.07, 6.45) is 2.03. The van der Waals surface area contributed by atoms with Crippen LogP contribution in [-0.4, -0.2) is 0 Å². The lowest BCUT2D eigenvalue weighted by Gasteiger charge is -2.18. The van der Waals surface area contributed by atoms with Gasteiger partial charge in [0.05, 0.1) is 6.04 Å². The second-order valence-corrected chi connectivity index (χ2v) is 4.77. The molecule has 0 fully saturated rings.